The lowest BCUT2D eigenvalue weighted by Gasteiger charge is -2.05. The predicted molar refractivity (Wildman–Crippen MR) is 60.3 cm³/mol. The summed E-state index contributed by atoms with van der Waals surface area (Å²) in [6, 6.07) is 6.95. The molecule has 0 spiro atoms. The smallest absolute Gasteiger partial charge is 0.356 e. The first kappa shape index (κ1) is 10.7. The predicted octanol–water partition coefficient (Wildman–Crippen LogP) is 2.53. The van der Waals surface area contributed by atoms with Crippen molar-refractivity contribution < 1.29 is 9.90 Å². The van der Waals surface area contributed by atoms with E-state index >= 15 is 0 Å². The summed E-state index contributed by atoms with van der Waals surface area (Å²) >= 11 is 6.11. The van der Waals surface area contributed by atoms with Gasteiger partial charge in [-0.15, -0.1) is 0 Å². The number of benzene rings is 1. The molecule has 2 aromatic rings. The normalized spacial score (nSPS) is 10.4. The lowest BCUT2D eigenvalue weighted by molar-refractivity contribution is 0.0690. The van der Waals surface area contributed by atoms with Crippen LogP contribution in [0.1, 0.15) is 16.1 Å². The highest BCUT2D eigenvalue weighted by atomic mass is 35.5. The molecule has 1 N–H and O–H groups in total. The van der Waals surface area contributed by atoms with Gasteiger partial charge in [0.15, 0.2) is 5.69 Å². The van der Waals surface area contributed by atoms with Crippen LogP contribution in [0.15, 0.2) is 30.5 Å². The van der Waals surface area contributed by atoms with E-state index in [1.165, 1.54) is 10.7 Å². The molecule has 0 atom stereocenters. The highest BCUT2D eigenvalue weighted by Gasteiger charge is 2.10. The minimum atomic E-state index is -1.05. The van der Waals surface area contributed by atoms with E-state index in [9.17, 15) is 4.79 Å². The van der Waals surface area contributed by atoms with Crippen molar-refractivity contribution in [3.05, 3.63) is 46.7 Å². The molecule has 0 bridgehead atoms. The van der Waals surface area contributed by atoms with Crippen LogP contribution < -0.4 is 0 Å². The number of aromatic carboxylic acids is 1. The van der Waals surface area contributed by atoms with Gasteiger partial charge < -0.3 is 5.11 Å². The van der Waals surface area contributed by atoms with Crippen molar-refractivity contribution in [2.45, 2.75) is 6.92 Å². The topological polar surface area (TPSA) is 55.1 Å². The van der Waals surface area contributed by atoms with E-state index in [0.29, 0.717) is 10.7 Å². The largest absolute Gasteiger partial charge is 0.476 e. The van der Waals surface area contributed by atoms with E-state index in [0.717, 1.165) is 5.56 Å². The third-order valence-corrected chi connectivity index (χ3v) is 2.72. The first-order chi connectivity index (χ1) is 7.59. The average Bonchev–Trinajstić information content (AvgIpc) is 2.71. The third kappa shape index (κ3) is 1.79. The maximum Gasteiger partial charge on any atom is 0.356 e. The lowest BCUT2D eigenvalue weighted by Crippen LogP contribution is -2.01. The molecule has 16 heavy (non-hydrogen) atoms. The van der Waals surface area contributed by atoms with E-state index in [4.69, 9.17) is 16.7 Å². The first-order valence-electron chi connectivity index (χ1n) is 4.64. The Morgan fingerprint density at radius 2 is 2.19 bits per heavy atom. The molecular weight excluding hydrogens is 228 g/mol. The van der Waals surface area contributed by atoms with Crippen molar-refractivity contribution in [2.24, 2.45) is 0 Å². The maximum atomic E-state index is 10.7. The molecule has 1 aromatic carbocycles. The molecule has 1 aromatic heterocycles. The quantitative estimate of drug-likeness (QED) is 0.872. The van der Waals surface area contributed by atoms with Crippen molar-refractivity contribution in [2.75, 3.05) is 0 Å². The molecule has 4 nitrogen and oxygen atoms in total. The van der Waals surface area contributed by atoms with Crippen molar-refractivity contribution in [1.29, 1.82) is 0 Å². The Balaban J connectivity index is 2.50. The number of rotatable bonds is 2. The minimum absolute atomic E-state index is 0.00225. The van der Waals surface area contributed by atoms with Crippen LogP contribution in [0.25, 0.3) is 5.69 Å². The number of carbonyl (C=O) groups is 1. The monoisotopic (exact) mass is 236 g/mol. The van der Waals surface area contributed by atoms with Crippen LogP contribution in [0.5, 0.6) is 0 Å². The van der Waals surface area contributed by atoms with Gasteiger partial charge in [-0.25, -0.2) is 9.48 Å². The molecule has 0 aliphatic heterocycles. The van der Waals surface area contributed by atoms with E-state index in [1.807, 2.05) is 19.1 Å². The van der Waals surface area contributed by atoms with Crippen LogP contribution in [0.2, 0.25) is 5.02 Å². The standard InChI is InChI=1S/C11H9ClN2O2/c1-7-3-2-4-9(10(7)12)14-6-5-8(13-14)11(15)16/h2-6H,1H3,(H,15,16). The van der Waals surface area contributed by atoms with Gasteiger partial charge in [0.25, 0.3) is 0 Å². The molecule has 0 saturated heterocycles. The van der Waals surface area contributed by atoms with Crippen molar-refractivity contribution >= 4 is 17.6 Å². The Kier molecular flexibility index (Phi) is 2.66. The summed E-state index contributed by atoms with van der Waals surface area (Å²) < 4.78 is 1.46. The fourth-order valence-electron chi connectivity index (χ4n) is 1.38. The SMILES string of the molecule is Cc1cccc(-n2ccc(C(=O)O)n2)c1Cl. The van der Waals surface area contributed by atoms with Gasteiger partial charge >= 0.3 is 5.97 Å². The Hall–Kier alpha value is -1.81. The van der Waals surface area contributed by atoms with E-state index in [2.05, 4.69) is 5.10 Å². The Bertz CT molecular complexity index is 549. The van der Waals surface area contributed by atoms with Crippen LogP contribution in [-0.4, -0.2) is 20.9 Å². The van der Waals surface area contributed by atoms with Gasteiger partial charge in [-0.05, 0) is 24.6 Å². The molecule has 0 saturated carbocycles. The minimum Gasteiger partial charge on any atom is -0.476 e. The number of hydrogen-bond acceptors (Lipinski definition) is 2. The van der Waals surface area contributed by atoms with Crippen molar-refractivity contribution in [3.8, 4) is 5.69 Å². The number of aryl methyl sites for hydroxylation is 1. The Morgan fingerprint density at radius 3 is 2.81 bits per heavy atom. The molecule has 0 aliphatic carbocycles. The highest BCUT2D eigenvalue weighted by molar-refractivity contribution is 6.33. The Labute approximate surface area is 97.1 Å². The van der Waals surface area contributed by atoms with Gasteiger partial charge in [0.2, 0.25) is 0 Å². The first-order valence-corrected chi connectivity index (χ1v) is 5.02. The number of carboxylic acid groups (broad SMARTS) is 1. The van der Waals surface area contributed by atoms with E-state index in [1.54, 1.807) is 12.3 Å². The van der Waals surface area contributed by atoms with Crippen LogP contribution in [-0.2, 0) is 0 Å². The van der Waals surface area contributed by atoms with Crippen molar-refractivity contribution in [1.82, 2.24) is 9.78 Å². The highest BCUT2D eigenvalue weighted by Crippen LogP contribution is 2.23. The van der Waals surface area contributed by atoms with Crippen molar-refractivity contribution in [3.63, 3.8) is 0 Å². The molecule has 2 rings (SSSR count). The molecule has 1 heterocycles. The number of hydrogen-bond donors (Lipinski definition) is 1. The van der Waals surface area contributed by atoms with Gasteiger partial charge in [-0.2, -0.15) is 5.10 Å². The summed E-state index contributed by atoms with van der Waals surface area (Å²) in [7, 11) is 0. The molecular formula is C11H9ClN2O2. The fourth-order valence-corrected chi connectivity index (χ4v) is 1.59. The summed E-state index contributed by atoms with van der Waals surface area (Å²) in [6.45, 7) is 1.88. The summed E-state index contributed by atoms with van der Waals surface area (Å²) in [4.78, 5) is 10.7. The summed E-state index contributed by atoms with van der Waals surface area (Å²) in [6.07, 6.45) is 1.57. The molecule has 5 heteroatoms. The van der Waals surface area contributed by atoms with Gasteiger partial charge in [-0.3, -0.25) is 0 Å². The second kappa shape index (κ2) is 3.98. The zero-order chi connectivity index (χ0) is 11.7. The summed E-state index contributed by atoms with van der Waals surface area (Å²) in [5.74, 6) is -1.05. The average molecular weight is 237 g/mol. The fraction of sp³-hybridized carbons (Fsp3) is 0.0909. The van der Waals surface area contributed by atoms with Crippen LogP contribution >= 0.6 is 11.6 Å². The summed E-state index contributed by atoms with van der Waals surface area (Å²) in [5.41, 5.74) is 1.60. The van der Waals surface area contributed by atoms with E-state index < -0.39 is 5.97 Å². The number of halogens is 1. The zero-order valence-electron chi connectivity index (χ0n) is 8.51. The van der Waals surface area contributed by atoms with Crippen LogP contribution in [0.4, 0.5) is 0 Å². The number of aromatic nitrogens is 2. The molecule has 0 aliphatic rings. The van der Waals surface area contributed by atoms with Gasteiger partial charge in [-0.1, -0.05) is 23.7 Å². The van der Waals surface area contributed by atoms with E-state index in [-0.39, 0.29) is 5.69 Å². The number of nitrogens with zero attached hydrogens (tertiary/aromatic N) is 2. The number of carboxylic acids is 1. The second-order valence-corrected chi connectivity index (χ2v) is 3.74. The molecule has 0 fully saturated rings. The zero-order valence-corrected chi connectivity index (χ0v) is 9.27. The molecule has 0 radical (unpaired) electrons. The second-order valence-electron chi connectivity index (χ2n) is 3.36. The van der Waals surface area contributed by atoms with Crippen LogP contribution in [0.3, 0.4) is 0 Å². The molecule has 82 valence electrons. The third-order valence-electron chi connectivity index (χ3n) is 2.23. The van der Waals surface area contributed by atoms with Gasteiger partial charge in [0, 0.05) is 6.20 Å². The molecule has 0 amide bonds. The van der Waals surface area contributed by atoms with Crippen LogP contribution in [0, 0.1) is 6.92 Å². The summed E-state index contributed by atoms with van der Waals surface area (Å²) in [5, 5.41) is 13.2. The Morgan fingerprint density at radius 1 is 1.44 bits per heavy atom. The molecule has 0 unspecified atom stereocenters. The lowest BCUT2D eigenvalue weighted by atomic mass is 10.2. The van der Waals surface area contributed by atoms with Gasteiger partial charge in [0.05, 0.1) is 10.7 Å². The van der Waals surface area contributed by atoms with Gasteiger partial charge in [0.1, 0.15) is 0 Å². The maximum absolute atomic E-state index is 10.7.